The standard InChI is InChI=1S/C26H35N3O6S/c1-4-6-14-27-26(31)22(5-2)28(18-20-10-8-7-9-11-20)25(30)19-29(36(3,32)33)21-12-13-23-24(17-21)35-16-15-34-23/h7-13,17,22H,4-6,14-16,18-19H2,1-3H3,(H,27,31)/t22-/m0/s1. The third kappa shape index (κ3) is 7.13. The zero-order valence-electron chi connectivity index (χ0n) is 21.1. The van der Waals surface area contributed by atoms with Crippen LogP contribution in [0.1, 0.15) is 38.7 Å². The van der Waals surface area contributed by atoms with Gasteiger partial charge in [-0.2, -0.15) is 0 Å². The SMILES string of the molecule is CCCCNC(=O)[C@H](CC)N(Cc1ccccc1)C(=O)CN(c1ccc2c(c1)OCCO2)S(C)(=O)=O. The predicted octanol–water partition coefficient (Wildman–Crippen LogP) is 2.95. The lowest BCUT2D eigenvalue weighted by Gasteiger charge is -2.33. The summed E-state index contributed by atoms with van der Waals surface area (Å²) in [6.07, 6.45) is 3.20. The molecule has 1 N–H and O–H groups in total. The van der Waals surface area contributed by atoms with Gasteiger partial charge in [0, 0.05) is 19.2 Å². The number of nitrogens with zero attached hydrogens (tertiary/aromatic N) is 2. The Morgan fingerprint density at radius 1 is 1.03 bits per heavy atom. The van der Waals surface area contributed by atoms with Gasteiger partial charge in [0.15, 0.2) is 11.5 Å². The summed E-state index contributed by atoms with van der Waals surface area (Å²) in [5.74, 6) is 0.213. The minimum atomic E-state index is -3.83. The molecule has 0 saturated heterocycles. The topological polar surface area (TPSA) is 105 Å². The van der Waals surface area contributed by atoms with Crippen LogP contribution in [0, 0.1) is 0 Å². The number of fused-ring (bicyclic) bond motifs is 1. The van der Waals surface area contributed by atoms with Crippen LogP contribution in [-0.4, -0.2) is 63.7 Å². The molecule has 0 bridgehead atoms. The van der Waals surface area contributed by atoms with E-state index in [-0.39, 0.29) is 18.1 Å². The number of rotatable bonds is 12. The first kappa shape index (κ1) is 27.3. The molecule has 0 saturated carbocycles. The van der Waals surface area contributed by atoms with E-state index in [1.165, 1.54) is 4.90 Å². The number of carbonyl (C=O) groups excluding carboxylic acids is 2. The molecule has 0 fully saturated rings. The van der Waals surface area contributed by atoms with Crippen molar-refractivity contribution in [1.82, 2.24) is 10.2 Å². The molecular weight excluding hydrogens is 482 g/mol. The van der Waals surface area contributed by atoms with Crippen molar-refractivity contribution in [3.05, 3.63) is 54.1 Å². The van der Waals surface area contributed by atoms with Crippen LogP contribution in [0.3, 0.4) is 0 Å². The number of hydrogen-bond donors (Lipinski definition) is 1. The van der Waals surface area contributed by atoms with Crippen LogP contribution >= 0.6 is 0 Å². The summed E-state index contributed by atoms with van der Waals surface area (Å²) in [4.78, 5) is 28.2. The number of carbonyl (C=O) groups is 2. The lowest BCUT2D eigenvalue weighted by molar-refractivity contribution is -0.140. The first-order chi connectivity index (χ1) is 17.2. The number of sulfonamides is 1. The maximum Gasteiger partial charge on any atom is 0.244 e. The van der Waals surface area contributed by atoms with Gasteiger partial charge in [0.05, 0.1) is 11.9 Å². The van der Waals surface area contributed by atoms with E-state index in [1.54, 1.807) is 18.2 Å². The van der Waals surface area contributed by atoms with Crippen molar-refractivity contribution in [2.45, 2.75) is 45.7 Å². The van der Waals surface area contributed by atoms with E-state index in [2.05, 4.69) is 5.32 Å². The largest absolute Gasteiger partial charge is 0.486 e. The number of benzene rings is 2. The Kier molecular flexibility index (Phi) is 9.58. The van der Waals surface area contributed by atoms with Crippen molar-refractivity contribution >= 4 is 27.5 Å². The highest BCUT2D eigenvalue weighted by molar-refractivity contribution is 7.92. The van der Waals surface area contributed by atoms with E-state index in [0.29, 0.717) is 37.7 Å². The van der Waals surface area contributed by atoms with Crippen LogP contribution in [0.2, 0.25) is 0 Å². The molecule has 10 heteroatoms. The van der Waals surface area contributed by atoms with E-state index in [9.17, 15) is 18.0 Å². The number of nitrogens with one attached hydrogen (secondary N) is 1. The molecule has 0 aromatic heterocycles. The lowest BCUT2D eigenvalue weighted by atomic mass is 10.1. The number of hydrogen-bond acceptors (Lipinski definition) is 6. The normalized spacial score (nSPS) is 13.5. The van der Waals surface area contributed by atoms with Crippen LogP contribution in [0.15, 0.2) is 48.5 Å². The van der Waals surface area contributed by atoms with Gasteiger partial charge in [-0.15, -0.1) is 0 Å². The monoisotopic (exact) mass is 517 g/mol. The number of ether oxygens (including phenoxy) is 2. The Labute approximate surface area is 213 Å². The van der Waals surface area contributed by atoms with E-state index in [1.807, 2.05) is 44.2 Å². The van der Waals surface area contributed by atoms with E-state index < -0.39 is 28.5 Å². The minimum Gasteiger partial charge on any atom is -0.486 e. The van der Waals surface area contributed by atoms with E-state index >= 15 is 0 Å². The predicted molar refractivity (Wildman–Crippen MR) is 139 cm³/mol. The maximum absolute atomic E-state index is 13.7. The third-order valence-corrected chi connectivity index (χ3v) is 7.04. The van der Waals surface area contributed by atoms with Gasteiger partial charge in [-0.25, -0.2) is 8.42 Å². The Balaban J connectivity index is 1.90. The fourth-order valence-corrected chi connectivity index (χ4v) is 4.85. The van der Waals surface area contributed by atoms with Crippen molar-refractivity contribution in [1.29, 1.82) is 0 Å². The number of amides is 2. The zero-order valence-corrected chi connectivity index (χ0v) is 21.9. The summed E-state index contributed by atoms with van der Waals surface area (Å²) in [7, 11) is -3.83. The maximum atomic E-state index is 13.7. The van der Waals surface area contributed by atoms with E-state index in [0.717, 1.165) is 29.0 Å². The lowest BCUT2D eigenvalue weighted by Crippen LogP contribution is -2.52. The third-order valence-electron chi connectivity index (χ3n) is 5.90. The van der Waals surface area contributed by atoms with Crippen LogP contribution in [0.25, 0.3) is 0 Å². The van der Waals surface area contributed by atoms with Crippen LogP contribution in [0.5, 0.6) is 11.5 Å². The van der Waals surface area contributed by atoms with Crippen LogP contribution in [0.4, 0.5) is 5.69 Å². The molecule has 196 valence electrons. The summed E-state index contributed by atoms with van der Waals surface area (Å²) in [5.41, 5.74) is 1.13. The molecule has 2 amide bonds. The molecule has 2 aromatic carbocycles. The fraction of sp³-hybridized carbons (Fsp3) is 0.462. The summed E-state index contributed by atoms with van der Waals surface area (Å²) in [6, 6.07) is 13.4. The van der Waals surface area contributed by atoms with Gasteiger partial charge >= 0.3 is 0 Å². The zero-order chi connectivity index (χ0) is 26.1. The molecule has 1 aliphatic heterocycles. The average molecular weight is 518 g/mol. The van der Waals surface area contributed by atoms with Crippen molar-refractivity contribution in [3.63, 3.8) is 0 Å². The molecule has 2 aromatic rings. The highest BCUT2D eigenvalue weighted by atomic mass is 32.2. The molecule has 0 spiro atoms. The minimum absolute atomic E-state index is 0.179. The first-order valence-electron chi connectivity index (χ1n) is 12.2. The average Bonchev–Trinajstić information content (AvgIpc) is 2.87. The molecule has 1 aliphatic rings. The molecule has 9 nitrogen and oxygen atoms in total. The molecule has 3 rings (SSSR count). The summed E-state index contributed by atoms with van der Waals surface area (Å²) < 4.78 is 37.7. The Hall–Kier alpha value is -3.27. The van der Waals surface area contributed by atoms with Gasteiger partial charge in [-0.05, 0) is 30.5 Å². The first-order valence-corrected chi connectivity index (χ1v) is 14.1. The van der Waals surface area contributed by atoms with Crippen molar-refractivity contribution in [2.24, 2.45) is 0 Å². The molecular formula is C26H35N3O6S. The Morgan fingerprint density at radius 2 is 1.72 bits per heavy atom. The highest BCUT2D eigenvalue weighted by Crippen LogP contribution is 2.34. The van der Waals surface area contributed by atoms with Crippen molar-refractivity contribution < 1.29 is 27.5 Å². The van der Waals surface area contributed by atoms with E-state index in [4.69, 9.17) is 9.47 Å². The van der Waals surface area contributed by atoms with Gasteiger partial charge < -0.3 is 19.7 Å². The molecule has 0 radical (unpaired) electrons. The van der Waals surface area contributed by atoms with Crippen LogP contribution < -0.4 is 19.1 Å². The van der Waals surface area contributed by atoms with Gasteiger partial charge in [-0.1, -0.05) is 50.6 Å². The molecule has 0 aliphatic carbocycles. The van der Waals surface area contributed by atoms with Gasteiger partial charge in [0.25, 0.3) is 0 Å². The van der Waals surface area contributed by atoms with Crippen molar-refractivity contribution in [2.75, 3.05) is 36.9 Å². The summed E-state index contributed by atoms with van der Waals surface area (Å²) in [6.45, 7) is 4.88. The second-order valence-corrected chi connectivity index (χ2v) is 10.6. The van der Waals surface area contributed by atoms with Gasteiger partial charge in [-0.3, -0.25) is 13.9 Å². The van der Waals surface area contributed by atoms with Crippen LogP contribution in [-0.2, 0) is 26.2 Å². The quantitative estimate of drug-likeness (QED) is 0.434. The number of unbranched alkanes of at least 4 members (excludes halogenated alkanes) is 1. The smallest absolute Gasteiger partial charge is 0.244 e. The number of anilines is 1. The van der Waals surface area contributed by atoms with Gasteiger partial charge in [0.1, 0.15) is 25.8 Å². The highest BCUT2D eigenvalue weighted by Gasteiger charge is 2.32. The second-order valence-electron chi connectivity index (χ2n) is 8.67. The fourth-order valence-electron chi connectivity index (χ4n) is 4.01. The Bertz CT molecular complexity index is 1140. The summed E-state index contributed by atoms with van der Waals surface area (Å²) in [5, 5.41) is 2.91. The second kappa shape index (κ2) is 12.6. The van der Waals surface area contributed by atoms with Gasteiger partial charge in [0.2, 0.25) is 21.8 Å². The molecule has 1 atom stereocenters. The molecule has 36 heavy (non-hydrogen) atoms. The van der Waals surface area contributed by atoms with Crippen molar-refractivity contribution in [3.8, 4) is 11.5 Å². The summed E-state index contributed by atoms with van der Waals surface area (Å²) >= 11 is 0. The Morgan fingerprint density at radius 3 is 2.36 bits per heavy atom. The molecule has 1 heterocycles. The molecule has 0 unspecified atom stereocenters.